The summed E-state index contributed by atoms with van der Waals surface area (Å²) in [6.07, 6.45) is 2.82. The first-order valence-electron chi connectivity index (χ1n) is 9.01. The van der Waals surface area contributed by atoms with E-state index in [1.54, 1.807) is 11.9 Å². The molecule has 0 heterocycles. The highest BCUT2D eigenvalue weighted by atomic mass is 19.3. The van der Waals surface area contributed by atoms with Gasteiger partial charge in [-0.25, -0.2) is 4.79 Å². The van der Waals surface area contributed by atoms with Gasteiger partial charge in [-0.15, -0.1) is 0 Å². The number of amides is 1. The maximum atomic E-state index is 12.5. The van der Waals surface area contributed by atoms with Gasteiger partial charge in [0, 0.05) is 7.05 Å². The first-order valence-corrected chi connectivity index (χ1v) is 9.01. The number of ether oxygens (including phenoxy) is 2. The van der Waals surface area contributed by atoms with E-state index in [-0.39, 0.29) is 23.3 Å². The average Bonchev–Trinajstić information content (AvgIpc) is 2.70. The summed E-state index contributed by atoms with van der Waals surface area (Å²) in [7, 11) is 1.69. The predicted molar refractivity (Wildman–Crippen MR) is 98.2 cm³/mol. The first kappa shape index (κ1) is 19.8. The molecule has 2 aromatic carbocycles. The molecule has 0 bridgehead atoms. The number of aryl methyl sites for hydroxylation is 1. The molecule has 0 fully saturated rings. The van der Waals surface area contributed by atoms with E-state index in [4.69, 9.17) is 4.74 Å². The van der Waals surface area contributed by atoms with Gasteiger partial charge in [-0.2, -0.15) is 8.78 Å². The van der Waals surface area contributed by atoms with Crippen molar-refractivity contribution in [3.63, 3.8) is 0 Å². The largest absolute Gasteiger partial charge is 0.452 e. The monoisotopic (exact) mass is 389 g/mol. The fourth-order valence-electron chi connectivity index (χ4n) is 3.42. The minimum atomic E-state index is -2.99. The lowest BCUT2D eigenvalue weighted by atomic mass is 9.87. The summed E-state index contributed by atoms with van der Waals surface area (Å²) in [5.41, 5.74) is 2.38. The van der Waals surface area contributed by atoms with Crippen LogP contribution in [0, 0.1) is 0 Å². The number of esters is 1. The quantitative estimate of drug-likeness (QED) is 0.702. The molecule has 0 N–H and O–H groups in total. The molecule has 1 aliphatic rings. The number of hydrogen-bond donors (Lipinski definition) is 0. The number of alkyl halides is 2. The zero-order valence-electron chi connectivity index (χ0n) is 15.4. The third-order valence-electron chi connectivity index (χ3n) is 4.82. The third kappa shape index (κ3) is 4.65. The van der Waals surface area contributed by atoms with E-state index in [1.165, 1.54) is 23.8 Å². The van der Waals surface area contributed by atoms with Gasteiger partial charge in [0.25, 0.3) is 5.91 Å². The summed E-state index contributed by atoms with van der Waals surface area (Å²) in [5.74, 6) is -1.24. The van der Waals surface area contributed by atoms with Crippen molar-refractivity contribution in [3.8, 4) is 5.75 Å². The SMILES string of the molecule is CN(C(=O)COC(=O)c1cccc(OC(F)F)c1)C1CCCc2ccccc21. The van der Waals surface area contributed by atoms with Crippen LogP contribution in [0.15, 0.2) is 48.5 Å². The van der Waals surface area contributed by atoms with E-state index in [0.717, 1.165) is 30.9 Å². The van der Waals surface area contributed by atoms with Crippen LogP contribution >= 0.6 is 0 Å². The Morgan fingerprint density at radius 2 is 1.96 bits per heavy atom. The van der Waals surface area contributed by atoms with Crippen molar-refractivity contribution in [1.82, 2.24) is 4.90 Å². The molecular weight excluding hydrogens is 368 g/mol. The topological polar surface area (TPSA) is 55.8 Å². The van der Waals surface area contributed by atoms with Gasteiger partial charge in [-0.3, -0.25) is 4.79 Å². The summed E-state index contributed by atoms with van der Waals surface area (Å²) in [6.45, 7) is -3.41. The molecule has 0 aromatic heterocycles. The van der Waals surface area contributed by atoms with E-state index >= 15 is 0 Å². The minimum Gasteiger partial charge on any atom is -0.452 e. The first-order chi connectivity index (χ1) is 13.5. The molecule has 0 radical (unpaired) electrons. The highest BCUT2D eigenvalue weighted by molar-refractivity contribution is 5.91. The second-order valence-corrected chi connectivity index (χ2v) is 6.59. The Bertz CT molecular complexity index is 856. The van der Waals surface area contributed by atoms with E-state index in [1.807, 2.05) is 18.2 Å². The molecule has 28 heavy (non-hydrogen) atoms. The van der Waals surface area contributed by atoms with Crippen molar-refractivity contribution in [2.75, 3.05) is 13.7 Å². The summed E-state index contributed by atoms with van der Waals surface area (Å²) in [5, 5.41) is 0. The smallest absolute Gasteiger partial charge is 0.387 e. The standard InChI is InChI=1S/C21H21F2NO4/c1-24(18-11-5-7-14-6-2-3-10-17(14)18)19(25)13-27-20(26)15-8-4-9-16(12-15)28-21(22)23/h2-4,6,8-10,12,18,21H,5,7,11,13H2,1H3. The lowest BCUT2D eigenvalue weighted by Gasteiger charge is -2.33. The zero-order valence-corrected chi connectivity index (χ0v) is 15.4. The predicted octanol–water partition coefficient (Wildman–Crippen LogP) is 3.98. The Hall–Kier alpha value is -2.96. The van der Waals surface area contributed by atoms with E-state index in [2.05, 4.69) is 10.8 Å². The number of rotatable bonds is 6. The number of likely N-dealkylation sites (N-methyl/N-ethyl adjacent to an activating group) is 1. The Morgan fingerprint density at radius 1 is 1.18 bits per heavy atom. The molecule has 3 rings (SSSR count). The van der Waals surface area contributed by atoms with Crippen molar-refractivity contribution in [2.24, 2.45) is 0 Å². The van der Waals surface area contributed by atoms with E-state index in [9.17, 15) is 18.4 Å². The number of fused-ring (bicyclic) bond motifs is 1. The molecule has 2 aromatic rings. The zero-order chi connectivity index (χ0) is 20.1. The maximum absolute atomic E-state index is 12.5. The number of benzene rings is 2. The van der Waals surface area contributed by atoms with Gasteiger partial charge in [-0.05, 0) is 48.6 Å². The number of nitrogens with zero attached hydrogens (tertiary/aromatic N) is 1. The van der Waals surface area contributed by atoms with Gasteiger partial charge in [0.2, 0.25) is 0 Å². The van der Waals surface area contributed by atoms with Gasteiger partial charge in [-0.1, -0.05) is 30.3 Å². The second kappa shape index (κ2) is 8.82. The van der Waals surface area contributed by atoms with Gasteiger partial charge < -0.3 is 14.4 Å². The molecule has 1 amide bonds. The lowest BCUT2D eigenvalue weighted by Crippen LogP contribution is -2.36. The van der Waals surface area contributed by atoms with Crippen LogP contribution in [0.4, 0.5) is 8.78 Å². The van der Waals surface area contributed by atoms with Crippen LogP contribution in [0.25, 0.3) is 0 Å². The molecule has 0 aliphatic heterocycles. The summed E-state index contributed by atoms with van der Waals surface area (Å²) in [6, 6.07) is 13.2. The van der Waals surface area contributed by atoms with Crippen LogP contribution < -0.4 is 4.74 Å². The average molecular weight is 389 g/mol. The van der Waals surface area contributed by atoms with Gasteiger partial charge in [0.15, 0.2) is 6.61 Å². The Balaban J connectivity index is 1.60. The van der Waals surface area contributed by atoms with Crippen molar-refractivity contribution in [2.45, 2.75) is 31.9 Å². The minimum absolute atomic E-state index is 0.0385. The van der Waals surface area contributed by atoms with Crippen LogP contribution in [-0.2, 0) is 16.0 Å². The molecule has 1 aliphatic carbocycles. The van der Waals surface area contributed by atoms with Crippen LogP contribution in [0.5, 0.6) is 5.75 Å². The molecule has 1 atom stereocenters. The third-order valence-corrected chi connectivity index (χ3v) is 4.82. The van der Waals surface area contributed by atoms with Crippen LogP contribution in [-0.4, -0.2) is 37.0 Å². The number of halogens is 2. The molecule has 148 valence electrons. The van der Waals surface area contributed by atoms with Crippen molar-refractivity contribution < 1.29 is 27.8 Å². The molecule has 7 heteroatoms. The Labute approximate surface area is 161 Å². The highest BCUT2D eigenvalue weighted by Gasteiger charge is 2.27. The Morgan fingerprint density at radius 3 is 2.75 bits per heavy atom. The van der Waals surface area contributed by atoms with Crippen LogP contribution in [0.2, 0.25) is 0 Å². The fourth-order valence-corrected chi connectivity index (χ4v) is 3.42. The second-order valence-electron chi connectivity index (χ2n) is 6.59. The van der Waals surface area contributed by atoms with Crippen LogP contribution in [0.3, 0.4) is 0 Å². The Kier molecular flexibility index (Phi) is 6.23. The van der Waals surface area contributed by atoms with Gasteiger partial charge in [0.05, 0.1) is 11.6 Å². The van der Waals surface area contributed by atoms with Gasteiger partial charge >= 0.3 is 12.6 Å². The number of carbonyl (C=O) groups excluding carboxylic acids is 2. The molecule has 0 spiro atoms. The molecule has 1 unspecified atom stereocenters. The maximum Gasteiger partial charge on any atom is 0.387 e. The molecule has 0 saturated heterocycles. The molecular formula is C21H21F2NO4. The van der Waals surface area contributed by atoms with E-state index in [0.29, 0.717) is 0 Å². The van der Waals surface area contributed by atoms with Gasteiger partial charge in [0.1, 0.15) is 5.75 Å². The van der Waals surface area contributed by atoms with E-state index < -0.39 is 19.2 Å². The lowest BCUT2D eigenvalue weighted by molar-refractivity contribution is -0.135. The summed E-state index contributed by atoms with van der Waals surface area (Å²) >= 11 is 0. The molecule has 0 saturated carbocycles. The fraction of sp³-hybridized carbons (Fsp3) is 0.333. The van der Waals surface area contributed by atoms with Crippen molar-refractivity contribution >= 4 is 11.9 Å². The normalized spacial score (nSPS) is 15.6. The highest BCUT2D eigenvalue weighted by Crippen LogP contribution is 2.33. The summed E-state index contributed by atoms with van der Waals surface area (Å²) in [4.78, 5) is 26.3. The summed E-state index contributed by atoms with van der Waals surface area (Å²) < 4.78 is 33.9. The van der Waals surface area contributed by atoms with Crippen molar-refractivity contribution in [1.29, 1.82) is 0 Å². The van der Waals surface area contributed by atoms with Crippen molar-refractivity contribution in [3.05, 3.63) is 65.2 Å². The van der Waals surface area contributed by atoms with Crippen LogP contribution in [0.1, 0.15) is 40.4 Å². The number of carbonyl (C=O) groups is 2. The molecule has 5 nitrogen and oxygen atoms in total. The number of hydrogen-bond acceptors (Lipinski definition) is 4.